The van der Waals surface area contributed by atoms with Crippen molar-refractivity contribution < 1.29 is 22.0 Å². The summed E-state index contributed by atoms with van der Waals surface area (Å²) >= 11 is 5.78. The number of rotatable bonds is 3. The topological polar surface area (TPSA) is 37.8 Å². The number of hydrogen-bond acceptors (Lipinski definition) is 3. The van der Waals surface area contributed by atoms with Crippen LogP contribution in [0.1, 0.15) is 12.5 Å². The minimum absolute atomic E-state index is 0.0128. The highest BCUT2D eigenvalue weighted by Gasteiger charge is 2.26. The van der Waals surface area contributed by atoms with Gasteiger partial charge in [-0.25, -0.2) is 31.9 Å². The Hall–Kier alpha value is -1.96. The molecule has 0 radical (unpaired) electrons. The summed E-state index contributed by atoms with van der Waals surface area (Å²) in [5.41, 5.74) is -0.918. The smallest absolute Gasteiger partial charge is 0.200 e. The fourth-order valence-corrected chi connectivity index (χ4v) is 1.91. The van der Waals surface area contributed by atoms with Gasteiger partial charge >= 0.3 is 0 Å². The van der Waals surface area contributed by atoms with Gasteiger partial charge in [-0.3, -0.25) is 0 Å². The summed E-state index contributed by atoms with van der Waals surface area (Å²) in [6, 6.07) is 0. The van der Waals surface area contributed by atoms with E-state index in [9.17, 15) is 22.0 Å². The van der Waals surface area contributed by atoms with E-state index in [1.165, 1.54) is 0 Å². The lowest BCUT2D eigenvalue weighted by Crippen LogP contribution is -2.09. The SMILES string of the molecule is CCc1c(Cl)ncnc1Nc1c(F)c(F)c(F)c(F)c1F. The maximum Gasteiger partial charge on any atom is 0.200 e. The molecule has 21 heavy (non-hydrogen) atoms. The largest absolute Gasteiger partial charge is 0.335 e. The maximum atomic E-state index is 13.6. The van der Waals surface area contributed by atoms with E-state index in [-0.39, 0.29) is 23.0 Å². The van der Waals surface area contributed by atoms with Crippen molar-refractivity contribution in [3.8, 4) is 0 Å². The summed E-state index contributed by atoms with van der Waals surface area (Å²) in [7, 11) is 0. The molecule has 3 nitrogen and oxygen atoms in total. The zero-order valence-electron chi connectivity index (χ0n) is 10.4. The predicted octanol–water partition coefficient (Wildman–Crippen LogP) is 4.13. The van der Waals surface area contributed by atoms with E-state index < -0.39 is 34.8 Å². The molecule has 0 atom stereocenters. The van der Waals surface area contributed by atoms with Gasteiger partial charge in [-0.15, -0.1) is 0 Å². The number of hydrogen-bond donors (Lipinski definition) is 1. The normalized spacial score (nSPS) is 10.8. The first-order chi connectivity index (χ1) is 9.88. The van der Waals surface area contributed by atoms with Gasteiger partial charge in [0.25, 0.3) is 0 Å². The Kier molecular flexibility index (Phi) is 4.26. The summed E-state index contributed by atoms with van der Waals surface area (Å²) in [6.45, 7) is 1.66. The van der Waals surface area contributed by atoms with Crippen molar-refractivity contribution in [1.82, 2.24) is 9.97 Å². The zero-order valence-corrected chi connectivity index (χ0v) is 11.2. The number of anilines is 2. The monoisotopic (exact) mass is 323 g/mol. The minimum atomic E-state index is -2.23. The Labute approximate surface area is 120 Å². The molecule has 0 spiro atoms. The third-order valence-electron chi connectivity index (χ3n) is 2.70. The molecule has 1 aromatic heterocycles. The Morgan fingerprint density at radius 1 is 0.952 bits per heavy atom. The molecule has 0 amide bonds. The highest BCUT2D eigenvalue weighted by atomic mass is 35.5. The summed E-state index contributed by atoms with van der Waals surface area (Å²) in [4.78, 5) is 7.36. The first-order valence-corrected chi connectivity index (χ1v) is 6.04. The summed E-state index contributed by atoms with van der Waals surface area (Å²) < 4.78 is 66.3. The molecule has 0 aliphatic rings. The van der Waals surface area contributed by atoms with Gasteiger partial charge in [0.15, 0.2) is 23.3 Å². The maximum absolute atomic E-state index is 13.6. The average molecular weight is 324 g/mol. The molecule has 1 heterocycles. The van der Waals surface area contributed by atoms with E-state index in [1.807, 2.05) is 0 Å². The van der Waals surface area contributed by atoms with Gasteiger partial charge in [0.1, 0.15) is 23.0 Å². The van der Waals surface area contributed by atoms with Gasteiger partial charge in [0.2, 0.25) is 5.82 Å². The van der Waals surface area contributed by atoms with Crippen LogP contribution in [-0.2, 0) is 6.42 Å². The van der Waals surface area contributed by atoms with E-state index in [0.717, 1.165) is 6.33 Å². The Morgan fingerprint density at radius 3 is 2.00 bits per heavy atom. The van der Waals surface area contributed by atoms with Crippen LogP contribution in [0.5, 0.6) is 0 Å². The van der Waals surface area contributed by atoms with Crippen molar-refractivity contribution in [2.45, 2.75) is 13.3 Å². The third kappa shape index (κ3) is 2.63. The molecule has 1 aromatic carbocycles. The van der Waals surface area contributed by atoms with E-state index in [0.29, 0.717) is 0 Å². The molecule has 2 aromatic rings. The van der Waals surface area contributed by atoms with Gasteiger partial charge in [-0.1, -0.05) is 18.5 Å². The Morgan fingerprint density at radius 2 is 1.48 bits per heavy atom. The number of aromatic nitrogens is 2. The molecule has 0 aliphatic carbocycles. The molecule has 112 valence electrons. The molecule has 9 heteroatoms. The highest BCUT2D eigenvalue weighted by Crippen LogP contribution is 2.31. The first kappa shape index (κ1) is 15.4. The van der Waals surface area contributed by atoms with Crippen LogP contribution < -0.4 is 5.32 Å². The molecule has 0 fully saturated rings. The minimum Gasteiger partial charge on any atom is -0.335 e. The van der Waals surface area contributed by atoms with Gasteiger partial charge in [-0.2, -0.15) is 0 Å². The second kappa shape index (κ2) is 5.80. The van der Waals surface area contributed by atoms with Crippen LogP contribution >= 0.6 is 11.6 Å². The molecule has 2 rings (SSSR count). The second-order valence-corrected chi connectivity index (χ2v) is 4.27. The summed E-state index contributed by atoms with van der Waals surface area (Å²) in [5.74, 6) is -10.4. The number of nitrogens with one attached hydrogen (secondary N) is 1. The molecule has 0 saturated heterocycles. The van der Waals surface area contributed by atoms with Crippen LogP contribution in [0, 0.1) is 29.1 Å². The summed E-state index contributed by atoms with van der Waals surface area (Å²) in [6.07, 6.45) is 1.28. The lowest BCUT2D eigenvalue weighted by Gasteiger charge is -2.13. The van der Waals surface area contributed by atoms with Gasteiger partial charge in [0.05, 0.1) is 0 Å². The molecule has 0 bridgehead atoms. The van der Waals surface area contributed by atoms with Crippen molar-refractivity contribution in [1.29, 1.82) is 0 Å². The predicted molar refractivity (Wildman–Crippen MR) is 65.9 cm³/mol. The quantitative estimate of drug-likeness (QED) is 0.399. The van der Waals surface area contributed by atoms with Crippen LogP contribution in [-0.4, -0.2) is 9.97 Å². The number of benzene rings is 1. The molecule has 0 saturated carbocycles. The van der Waals surface area contributed by atoms with Gasteiger partial charge in [-0.05, 0) is 6.42 Å². The van der Waals surface area contributed by atoms with Crippen molar-refractivity contribution in [3.63, 3.8) is 0 Å². The molecule has 0 aliphatic heterocycles. The van der Waals surface area contributed by atoms with E-state index in [4.69, 9.17) is 11.6 Å². The van der Waals surface area contributed by atoms with Crippen molar-refractivity contribution in [2.75, 3.05) is 5.32 Å². The molecular weight excluding hydrogens is 317 g/mol. The molecule has 1 N–H and O–H groups in total. The fraction of sp³-hybridized carbons (Fsp3) is 0.167. The fourth-order valence-electron chi connectivity index (χ4n) is 1.64. The van der Waals surface area contributed by atoms with Crippen molar-refractivity contribution in [3.05, 3.63) is 46.1 Å². The molecule has 0 unspecified atom stereocenters. The lowest BCUT2D eigenvalue weighted by molar-refractivity contribution is 0.382. The van der Waals surface area contributed by atoms with Crippen LogP contribution in [0.4, 0.5) is 33.5 Å². The van der Waals surface area contributed by atoms with Crippen LogP contribution in [0.2, 0.25) is 5.15 Å². The van der Waals surface area contributed by atoms with Crippen LogP contribution in [0.25, 0.3) is 0 Å². The highest BCUT2D eigenvalue weighted by molar-refractivity contribution is 6.30. The Bertz CT molecular complexity index is 679. The third-order valence-corrected chi connectivity index (χ3v) is 3.03. The first-order valence-electron chi connectivity index (χ1n) is 5.66. The van der Waals surface area contributed by atoms with E-state index in [2.05, 4.69) is 15.3 Å². The van der Waals surface area contributed by atoms with E-state index >= 15 is 0 Å². The van der Waals surface area contributed by atoms with Gasteiger partial charge < -0.3 is 5.32 Å². The van der Waals surface area contributed by atoms with Crippen LogP contribution in [0.15, 0.2) is 6.33 Å². The zero-order chi connectivity index (χ0) is 15.7. The van der Waals surface area contributed by atoms with E-state index in [1.54, 1.807) is 6.92 Å². The molecular formula is C12H7ClF5N3. The number of nitrogens with zero attached hydrogens (tertiary/aromatic N) is 2. The van der Waals surface area contributed by atoms with Crippen molar-refractivity contribution in [2.24, 2.45) is 0 Å². The lowest BCUT2D eigenvalue weighted by atomic mass is 10.2. The van der Waals surface area contributed by atoms with Gasteiger partial charge in [0, 0.05) is 5.56 Å². The number of halogens is 6. The van der Waals surface area contributed by atoms with Crippen LogP contribution in [0.3, 0.4) is 0 Å². The standard InChI is InChI=1S/C12H7ClF5N3/c1-2-4-11(13)19-3-20-12(4)21-10-8(17)6(15)5(14)7(16)9(10)18/h3H,2H2,1H3,(H,19,20,21). The van der Waals surface area contributed by atoms with Crippen molar-refractivity contribution >= 4 is 23.1 Å². The average Bonchev–Trinajstić information content (AvgIpc) is 2.47. The Balaban J connectivity index is 2.58. The second-order valence-electron chi connectivity index (χ2n) is 3.92. The summed E-state index contributed by atoms with van der Waals surface area (Å²) in [5, 5.41) is 2.09.